The number of nitrogens with one attached hydrogen (secondary N) is 1. The number of hydrogen-bond acceptors (Lipinski definition) is 3. The zero-order chi connectivity index (χ0) is 11.9. The summed E-state index contributed by atoms with van der Waals surface area (Å²) in [6.45, 7) is 1.06. The molecule has 3 rings (SSSR count). The average Bonchev–Trinajstić information content (AvgIpc) is 2.92. The Labute approximate surface area is 103 Å². The Bertz CT molecular complexity index is 388. The number of anilines is 1. The van der Waals surface area contributed by atoms with Gasteiger partial charge in [0.05, 0.1) is 0 Å². The van der Waals surface area contributed by atoms with Gasteiger partial charge in [-0.15, -0.1) is 0 Å². The Morgan fingerprint density at radius 1 is 1.47 bits per heavy atom. The zero-order valence-electron chi connectivity index (χ0n) is 10.8. The third-order valence-electron chi connectivity index (χ3n) is 4.32. The van der Waals surface area contributed by atoms with Crippen molar-refractivity contribution in [2.75, 3.05) is 19.4 Å². The SMILES string of the molecule is CN(C)C1(Cn2ccnc2NC2CC2)CCC1. The van der Waals surface area contributed by atoms with Crippen LogP contribution < -0.4 is 5.32 Å². The quantitative estimate of drug-likeness (QED) is 0.845. The molecule has 1 heterocycles. The van der Waals surface area contributed by atoms with Crippen LogP contribution in [0.15, 0.2) is 12.4 Å². The van der Waals surface area contributed by atoms with Gasteiger partial charge in [-0.1, -0.05) is 0 Å². The fraction of sp³-hybridized carbons (Fsp3) is 0.769. The predicted octanol–water partition coefficient (Wildman–Crippen LogP) is 1.94. The summed E-state index contributed by atoms with van der Waals surface area (Å²) in [4.78, 5) is 6.82. The number of hydrogen-bond donors (Lipinski definition) is 1. The van der Waals surface area contributed by atoms with Crippen LogP contribution in [0.5, 0.6) is 0 Å². The van der Waals surface area contributed by atoms with Crippen molar-refractivity contribution >= 4 is 5.95 Å². The van der Waals surface area contributed by atoms with Crippen LogP contribution in [0.25, 0.3) is 0 Å². The number of nitrogens with zero attached hydrogens (tertiary/aromatic N) is 3. The molecule has 0 amide bonds. The number of likely N-dealkylation sites (N-methyl/N-ethyl adjacent to an activating group) is 1. The second-order valence-corrected chi connectivity index (χ2v) is 5.77. The molecular formula is C13H22N4. The van der Waals surface area contributed by atoms with Crippen molar-refractivity contribution in [3.63, 3.8) is 0 Å². The molecule has 17 heavy (non-hydrogen) atoms. The first-order valence-electron chi connectivity index (χ1n) is 6.65. The van der Waals surface area contributed by atoms with E-state index in [1.54, 1.807) is 0 Å². The first-order valence-corrected chi connectivity index (χ1v) is 6.65. The topological polar surface area (TPSA) is 33.1 Å². The van der Waals surface area contributed by atoms with Gasteiger partial charge in [-0.3, -0.25) is 0 Å². The van der Waals surface area contributed by atoms with Gasteiger partial charge in [0.1, 0.15) is 0 Å². The Hall–Kier alpha value is -1.03. The fourth-order valence-electron chi connectivity index (χ4n) is 2.64. The van der Waals surface area contributed by atoms with E-state index < -0.39 is 0 Å². The smallest absolute Gasteiger partial charge is 0.203 e. The Morgan fingerprint density at radius 3 is 2.76 bits per heavy atom. The molecule has 2 saturated carbocycles. The molecule has 1 N–H and O–H groups in total. The van der Waals surface area contributed by atoms with Crippen molar-refractivity contribution < 1.29 is 0 Å². The van der Waals surface area contributed by atoms with Crippen LogP contribution in [0.3, 0.4) is 0 Å². The molecular weight excluding hydrogens is 212 g/mol. The molecule has 0 aliphatic heterocycles. The number of imidazole rings is 1. The minimum Gasteiger partial charge on any atom is -0.353 e. The standard InChI is InChI=1S/C13H22N4/c1-16(2)13(6-3-7-13)10-17-9-8-14-12(17)15-11-4-5-11/h8-9,11H,3-7,10H2,1-2H3,(H,14,15). The third-order valence-corrected chi connectivity index (χ3v) is 4.32. The van der Waals surface area contributed by atoms with Crippen LogP contribution in [-0.2, 0) is 6.54 Å². The van der Waals surface area contributed by atoms with E-state index in [1.165, 1.54) is 32.1 Å². The molecule has 2 aliphatic rings. The molecule has 1 aromatic heterocycles. The van der Waals surface area contributed by atoms with Gasteiger partial charge in [-0.25, -0.2) is 4.98 Å². The highest BCUT2D eigenvalue weighted by molar-refractivity contribution is 5.30. The molecule has 0 unspecified atom stereocenters. The van der Waals surface area contributed by atoms with Crippen LogP contribution in [0, 0.1) is 0 Å². The lowest BCUT2D eigenvalue weighted by Crippen LogP contribution is -2.53. The minimum atomic E-state index is 0.362. The van der Waals surface area contributed by atoms with Gasteiger partial charge in [-0.05, 0) is 46.2 Å². The summed E-state index contributed by atoms with van der Waals surface area (Å²) in [6, 6.07) is 0.674. The molecule has 2 aliphatic carbocycles. The van der Waals surface area contributed by atoms with E-state index in [9.17, 15) is 0 Å². The minimum absolute atomic E-state index is 0.362. The normalized spacial score (nSPS) is 22.5. The fourth-order valence-corrected chi connectivity index (χ4v) is 2.64. The summed E-state index contributed by atoms with van der Waals surface area (Å²) < 4.78 is 2.29. The molecule has 1 aromatic rings. The lowest BCUT2D eigenvalue weighted by Gasteiger charge is -2.47. The van der Waals surface area contributed by atoms with Crippen LogP contribution in [-0.4, -0.2) is 40.1 Å². The lowest BCUT2D eigenvalue weighted by atomic mass is 9.75. The highest BCUT2D eigenvalue weighted by atomic mass is 15.3. The van der Waals surface area contributed by atoms with Gasteiger partial charge >= 0.3 is 0 Å². The maximum atomic E-state index is 4.43. The van der Waals surface area contributed by atoms with E-state index in [4.69, 9.17) is 0 Å². The molecule has 0 aromatic carbocycles. The highest BCUT2D eigenvalue weighted by Gasteiger charge is 2.39. The molecule has 4 heteroatoms. The van der Waals surface area contributed by atoms with Gasteiger partial charge in [0, 0.05) is 30.5 Å². The van der Waals surface area contributed by atoms with Crippen molar-refractivity contribution in [3.05, 3.63) is 12.4 Å². The maximum absolute atomic E-state index is 4.43. The summed E-state index contributed by atoms with van der Waals surface area (Å²) in [5.74, 6) is 1.06. The average molecular weight is 234 g/mol. The molecule has 94 valence electrons. The monoisotopic (exact) mass is 234 g/mol. The van der Waals surface area contributed by atoms with E-state index in [0.29, 0.717) is 11.6 Å². The molecule has 0 spiro atoms. The van der Waals surface area contributed by atoms with Crippen molar-refractivity contribution in [1.82, 2.24) is 14.5 Å². The first-order chi connectivity index (χ1) is 8.20. The van der Waals surface area contributed by atoms with E-state index in [2.05, 4.69) is 40.1 Å². The van der Waals surface area contributed by atoms with Crippen molar-refractivity contribution in [3.8, 4) is 0 Å². The van der Waals surface area contributed by atoms with Gasteiger partial charge in [0.15, 0.2) is 0 Å². The maximum Gasteiger partial charge on any atom is 0.203 e. The van der Waals surface area contributed by atoms with Crippen LogP contribution in [0.1, 0.15) is 32.1 Å². The van der Waals surface area contributed by atoms with Crippen molar-refractivity contribution in [1.29, 1.82) is 0 Å². The molecule has 0 atom stereocenters. The zero-order valence-corrected chi connectivity index (χ0v) is 10.8. The molecule has 2 fully saturated rings. The Morgan fingerprint density at radius 2 is 2.24 bits per heavy atom. The van der Waals surface area contributed by atoms with Gasteiger partial charge in [0.2, 0.25) is 5.95 Å². The van der Waals surface area contributed by atoms with Gasteiger partial charge in [-0.2, -0.15) is 0 Å². The van der Waals surface area contributed by atoms with Crippen molar-refractivity contribution in [2.45, 2.75) is 50.2 Å². The Balaban J connectivity index is 1.72. The van der Waals surface area contributed by atoms with Crippen LogP contribution >= 0.6 is 0 Å². The number of aromatic nitrogens is 2. The highest BCUT2D eigenvalue weighted by Crippen LogP contribution is 2.38. The lowest BCUT2D eigenvalue weighted by molar-refractivity contribution is 0.0429. The second-order valence-electron chi connectivity index (χ2n) is 5.77. The van der Waals surface area contributed by atoms with Crippen LogP contribution in [0.2, 0.25) is 0 Å². The summed E-state index contributed by atoms with van der Waals surface area (Å²) in [5.41, 5.74) is 0.362. The van der Waals surface area contributed by atoms with Gasteiger partial charge < -0.3 is 14.8 Å². The van der Waals surface area contributed by atoms with E-state index in [-0.39, 0.29) is 0 Å². The molecule has 0 saturated heterocycles. The third kappa shape index (κ3) is 2.06. The summed E-state index contributed by atoms with van der Waals surface area (Å²) >= 11 is 0. The van der Waals surface area contributed by atoms with Crippen molar-refractivity contribution in [2.24, 2.45) is 0 Å². The first kappa shape index (κ1) is 11.1. The van der Waals surface area contributed by atoms with E-state index >= 15 is 0 Å². The largest absolute Gasteiger partial charge is 0.353 e. The molecule has 0 bridgehead atoms. The van der Waals surface area contributed by atoms with Crippen LogP contribution in [0.4, 0.5) is 5.95 Å². The van der Waals surface area contributed by atoms with E-state index in [0.717, 1.165) is 12.5 Å². The second kappa shape index (κ2) is 4.02. The summed E-state index contributed by atoms with van der Waals surface area (Å²) in [5, 5.41) is 3.51. The van der Waals surface area contributed by atoms with E-state index in [1.807, 2.05) is 6.20 Å². The summed E-state index contributed by atoms with van der Waals surface area (Å²) in [6.07, 6.45) is 10.6. The molecule has 4 nitrogen and oxygen atoms in total. The predicted molar refractivity (Wildman–Crippen MR) is 69.1 cm³/mol. The van der Waals surface area contributed by atoms with Gasteiger partial charge in [0.25, 0.3) is 0 Å². The molecule has 0 radical (unpaired) electrons. The number of rotatable bonds is 5. The Kier molecular flexibility index (Phi) is 2.62. The summed E-state index contributed by atoms with van der Waals surface area (Å²) in [7, 11) is 4.40.